The fourth-order valence-corrected chi connectivity index (χ4v) is 6.11. The zero-order valence-corrected chi connectivity index (χ0v) is 21.8. The van der Waals surface area contributed by atoms with Crippen molar-refractivity contribution in [2.45, 2.75) is 0 Å². The molecule has 0 aliphatic carbocycles. The molecule has 0 radical (unpaired) electrons. The van der Waals surface area contributed by atoms with Crippen LogP contribution < -0.4 is 0 Å². The molecule has 0 saturated heterocycles. The first-order chi connectivity index (χ1) is 19.8. The van der Waals surface area contributed by atoms with Gasteiger partial charge in [-0.1, -0.05) is 115 Å². The summed E-state index contributed by atoms with van der Waals surface area (Å²) in [5, 5.41) is 9.69. The van der Waals surface area contributed by atoms with Crippen molar-refractivity contribution < 1.29 is 0 Å². The fraction of sp³-hybridized carbons (Fsp3) is 0. The molecule has 8 rings (SSSR count). The van der Waals surface area contributed by atoms with Crippen molar-refractivity contribution in [1.29, 1.82) is 0 Å². The van der Waals surface area contributed by atoms with Crippen molar-refractivity contribution in [2.24, 2.45) is 0 Å². The van der Waals surface area contributed by atoms with Gasteiger partial charge in [0.2, 0.25) is 0 Å². The second-order valence-electron chi connectivity index (χ2n) is 10.2. The zero-order chi connectivity index (χ0) is 26.5. The SMILES string of the molecule is c1ccc2cc(-c3c4ccccc4c(-c4ccc(-c5cncc6ccccc56)cn4)c4ccccc34)ccc2c1. The third-order valence-corrected chi connectivity index (χ3v) is 7.97. The van der Waals surface area contributed by atoms with E-state index in [1.165, 1.54) is 54.4 Å². The van der Waals surface area contributed by atoms with Crippen molar-refractivity contribution in [1.82, 2.24) is 9.97 Å². The molecule has 2 nitrogen and oxygen atoms in total. The Morgan fingerprint density at radius 2 is 0.950 bits per heavy atom. The summed E-state index contributed by atoms with van der Waals surface area (Å²) in [5.74, 6) is 0. The lowest BCUT2D eigenvalue weighted by Crippen LogP contribution is -1.93. The van der Waals surface area contributed by atoms with Gasteiger partial charge in [0, 0.05) is 40.7 Å². The quantitative estimate of drug-likeness (QED) is 0.222. The smallest absolute Gasteiger partial charge is 0.0714 e. The van der Waals surface area contributed by atoms with E-state index >= 15 is 0 Å². The predicted octanol–water partition coefficient (Wildman–Crippen LogP) is 10.1. The summed E-state index contributed by atoms with van der Waals surface area (Å²) in [5.41, 5.74) is 6.78. The molecule has 0 unspecified atom stereocenters. The molecule has 0 aliphatic heterocycles. The Morgan fingerprint density at radius 3 is 1.62 bits per heavy atom. The first-order valence-electron chi connectivity index (χ1n) is 13.6. The van der Waals surface area contributed by atoms with Crippen molar-refractivity contribution in [3.05, 3.63) is 146 Å². The van der Waals surface area contributed by atoms with E-state index in [9.17, 15) is 0 Å². The second-order valence-corrected chi connectivity index (χ2v) is 10.2. The molecule has 40 heavy (non-hydrogen) atoms. The summed E-state index contributed by atoms with van der Waals surface area (Å²) in [7, 11) is 0. The maximum Gasteiger partial charge on any atom is 0.0714 e. The van der Waals surface area contributed by atoms with Gasteiger partial charge in [0.1, 0.15) is 0 Å². The molecule has 0 aliphatic rings. The third-order valence-electron chi connectivity index (χ3n) is 7.97. The van der Waals surface area contributed by atoms with E-state index in [1.54, 1.807) is 0 Å². The average Bonchev–Trinajstić information content (AvgIpc) is 3.03. The number of benzene rings is 6. The van der Waals surface area contributed by atoms with Gasteiger partial charge in [0.25, 0.3) is 0 Å². The lowest BCUT2D eigenvalue weighted by atomic mass is 9.86. The number of rotatable bonds is 3. The van der Waals surface area contributed by atoms with Crippen molar-refractivity contribution >= 4 is 43.1 Å². The third kappa shape index (κ3) is 3.58. The van der Waals surface area contributed by atoms with E-state index in [4.69, 9.17) is 4.98 Å². The summed E-state index contributed by atoms with van der Waals surface area (Å²) in [6, 6.07) is 45.5. The minimum atomic E-state index is 0.967. The molecule has 0 amide bonds. The van der Waals surface area contributed by atoms with Crippen LogP contribution in [0, 0.1) is 0 Å². The summed E-state index contributed by atoms with van der Waals surface area (Å²) >= 11 is 0. The van der Waals surface area contributed by atoms with Gasteiger partial charge < -0.3 is 0 Å². The second kappa shape index (κ2) is 9.14. The van der Waals surface area contributed by atoms with Crippen molar-refractivity contribution in [2.75, 3.05) is 0 Å². The molecular weight excluding hydrogens is 484 g/mol. The van der Waals surface area contributed by atoms with E-state index in [0.29, 0.717) is 0 Å². The Balaban J connectivity index is 1.36. The lowest BCUT2D eigenvalue weighted by molar-refractivity contribution is 1.32. The normalized spacial score (nSPS) is 11.5. The molecule has 0 fully saturated rings. The first-order valence-corrected chi connectivity index (χ1v) is 13.6. The number of nitrogens with zero attached hydrogens (tertiary/aromatic N) is 2. The van der Waals surface area contributed by atoms with E-state index in [1.807, 2.05) is 24.7 Å². The highest BCUT2D eigenvalue weighted by Gasteiger charge is 2.17. The van der Waals surface area contributed by atoms with Gasteiger partial charge in [-0.05, 0) is 61.0 Å². The Kier molecular flexibility index (Phi) is 5.17. The molecule has 0 N–H and O–H groups in total. The fourth-order valence-electron chi connectivity index (χ4n) is 6.11. The summed E-state index contributed by atoms with van der Waals surface area (Å²) in [6.07, 6.45) is 5.83. The first kappa shape index (κ1) is 22.6. The highest BCUT2D eigenvalue weighted by molar-refractivity contribution is 6.21. The minimum absolute atomic E-state index is 0.967. The summed E-state index contributed by atoms with van der Waals surface area (Å²) < 4.78 is 0. The van der Waals surface area contributed by atoms with Crippen molar-refractivity contribution in [3.8, 4) is 33.5 Å². The molecule has 0 spiro atoms. The van der Waals surface area contributed by atoms with Gasteiger partial charge >= 0.3 is 0 Å². The maximum absolute atomic E-state index is 5.05. The number of fused-ring (bicyclic) bond motifs is 4. The van der Waals surface area contributed by atoms with Crippen LogP contribution in [0.2, 0.25) is 0 Å². The molecule has 2 heteroatoms. The molecule has 0 atom stereocenters. The molecule has 8 aromatic rings. The average molecular weight is 509 g/mol. The van der Waals surface area contributed by atoms with Crippen LogP contribution in [-0.4, -0.2) is 9.97 Å². The Hall–Kier alpha value is -5.34. The zero-order valence-electron chi connectivity index (χ0n) is 21.8. The highest BCUT2D eigenvalue weighted by Crippen LogP contribution is 2.43. The predicted molar refractivity (Wildman–Crippen MR) is 168 cm³/mol. The van der Waals surface area contributed by atoms with Gasteiger partial charge in [-0.2, -0.15) is 0 Å². The van der Waals surface area contributed by atoms with Gasteiger partial charge in [-0.15, -0.1) is 0 Å². The van der Waals surface area contributed by atoms with E-state index in [-0.39, 0.29) is 0 Å². The van der Waals surface area contributed by atoms with Gasteiger partial charge in [-0.3, -0.25) is 9.97 Å². The van der Waals surface area contributed by atoms with Crippen LogP contribution in [0.5, 0.6) is 0 Å². The van der Waals surface area contributed by atoms with Crippen LogP contribution in [0.4, 0.5) is 0 Å². The number of hydrogen-bond acceptors (Lipinski definition) is 2. The number of pyridine rings is 2. The van der Waals surface area contributed by atoms with E-state index < -0.39 is 0 Å². The molecule has 6 aromatic carbocycles. The molecular formula is C38H24N2. The standard InChI is InChI=1S/C38H24N2/c1-2-10-26-21-27(18-17-25(26)9-1)37-31-13-5-7-15-33(31)38(34-16-8-6-14-32(34)37)36-20-19-29(23-40-36)35-24-39-22-28-11-3-4-12-30(28)35/h1-24H. The highest BCUT2D eigenvalue weighted by atomic mass is 14.7. The molecule has 186 valence electrons. The van der Waals surface area contributed by atoms with Crippen LogP contribution in [-0.2, 0) is 0 Å². The van der Waals surface area contributed by atoms with Gasteiger partial charge in [0.05, 0.1) is 5.69 Å². The number of aromatic nitrogens is 2. The molecule has 2 aromatic heterocycles. The molecule has 2 heterocycles. The summed E-state index contributed by atoms with van der Waals surface area (Å²) in [4.78, 5) is 9.53. The molecule has 0 bridgehead atoms. The summed E-state index contributed by atoms with van der Waals surface area (Å²) in [6.45, 7) is 0. The monoisotopic (exact) mass is 508 g/mol. The minimum Gasteiger partial charge on any atom is -0.263 e. The van der Waals surface area contributed by atoms with Gasteiger partial charge in [-0.25, -0.2) is 0 Å². The topological polar surface area (TPSA) is 25.8 Å². The van der Waals surface area contributed by atoms with Crippen LogP contribution >= 0.6 is 0 Å². The maximum atomic E-state index is 5.05. The Labute approximate surface area is 232 Å². The van der Waals surface area contributed by atoms with E-state index in [0.717, 1.165) is 22.2 Å². The lowest BCUT2D eigenvalue weighted by Gasteiger charge is -2.17. The van der Waals surface area contributed by atoms with Crippen LogP contribution in [0.15, 0.2) is 146 Å². The van der Waals surface area contributed by atoms with E-state index in [2.05, 4.69) is 126 Å². The van der Waals surface area contributed by atoms with Crippen LogP contribution in [0.3, 0.4) is 0 Å². The number of hydrogen-bond donors (Lipinski definition) is 0. The van der Waals surface area contributed by atoms with Crippen LogP contribution in [0.25, 0.3) is 76.6 Å². The van der Waals surface area contributed by atoms with Crippen molar-refractivity contribution in [3.63, 3.8) is 0 Å². The van der Waals surface area contributed by atoms with Gasteiger partial charge in [0.15, 0.2) is 0 Å². The Morgan fingerprint density at radius 1 is 0.375 bits per heavy atom. The largest absolute Gasteiger partial charge is 0.263 e. The van der Waals surface area contributed by atoms with Crippen LogP contribution in [0.1, 0.15) is 0 Å². The molecule has 0 saturated carbocycles. The Bertz CT molecular complexity index is 2150.